The lowest BCUT2D eigenvalue weighted by atomic mass is 10.1. The normalized spacial score (nSPS) is 10.4. The van der Waals surface area contributed by atoms with Crippen molar-refractivity contribution in [3.8, 4) is 0 Å². The van der Waals surface area contributed by atoms with Crippen LogP contribution in [-0.4, -0.2) is 10.8 Å². The maximum absolute atomic E-state index is 11.9. The number of hydrogen-bond acceptors (Lipinski definition) is 3. The first-order valence-corrected chi connectivity index (χ1v) is 6.46. The molecule has 0 aromatic carbocycles. The average molecular weight is 296 g/mol. The van der Waals surface area contributed by atoms with E-state index in [1.54, 1.807) is 17.5 Å². The summed E-state index contributed by atoms with van der Waals surface area (Å²) in [5.74, 6) is 0.113. The predicted octanol–water partition coefficient (Wildman–Crippen LogP) is 3.64. The largest absolute Gasteiger partial charge is 0.294 e. The maximum Gasteiger partial charge on any atom is 0.169 e. The molecule has 2 nitrogen and oxygen atoms in total. The molecule has 2 aromatic heterocycles. The van der Waals surface area contributed by atoms with Gasteiger partial charge in [0.25, 0.3) is 0 Å². The first-order chi connectivity index (χ1) is 7.65. The highest BCUT2D eigenvalue weighted by Crippen LogP contribution is 2.23. The molecule has 4 heteroatoms. The van der Waals surface area contributed by atoms with Crippen molar-refractivity contribution in [2.75, 3.05) is 0 Å². The SMILES string of the molecule is Cc1ccc(C(=O)Cc2ccc(Br)s2)cn1. The van der Waals surface area contributed by atoms with Crippen LogP contribution in [0.1, 0.15) is 20.9 Å². The summed E-state index contributed by atoms with van der Waals surface area (Å²) in [6, 6.07) is 7.61. The van der Waals surface area contributed by atoms with Crippen molar-refractivity contribution >= 4 is 33.0 Å². The summed E-state index contributed by atoms with van der Waals surface area (Å²) in [6.45, 7) is 1.91. The fourth-order valence-corrected chi connectivity index (χ4v) is 2.82. The van der Waals surface area contributed by atoms with Gasteiger partial charge in [0.15, 0.2) is 5.78 Å². The predicted molar refractivity (Wildman–Crippen MR) is 69.0 cm³/mol. The molecular weight excluding hydrogens is 286 g/mol. The Morgan fingerprint density at radius 1 is 1.38 bits per heavy atom. The number of rotatable bonds is 3. The third-order valence-corrected chi connectivity index (χ3v) is 3.82. The van der Waals surface area contributed by atoms with E-state index in [-0.39, 0.29) is 5.78 Å². The van der Waals surface area contributed by atoms with Crippen LogP contribution in [0, 0.1) is 6.92 Å². The van der Waals surface area contributed by atoms with Gasteiger partial charge in [-0.25, -0.2) is 0 Å². The second-order valence-electron chi connectivity index (χ2n) is 3.49. The zero-order valence-corrected chi connectivity index (χ0v) is 11.1. The molecule has 0 unspecified atom stereocenters. The number of nitrogens with zero attached hydrogens (tertiary/aromatic N) is 1. The fraction of sp³-hybridized carbons (Fsp3) is 0.167. The molecule has 0 bridgehead atoms. The second kappa shape index (κ2) is 4.89. The number of aryl methyl sites for hydroxylation is 1. The van der Waals surface area contributed by atoms with Crippen molar-refractivity contribution < 1.29 is 4.79 Å². The average Bonchev–Trinajstić information content (AvgIpc) is 2.65. The molecule has 0 saturated heterocycles. The maximum atomic E-state index is 11.9. The Hall–Kier alpha value is -1.00. The van der Waals surface area contributed by atoms with Crippen molar-refractivity contribution in [3.63, 3.8) is 0 Å². The van der Waals surface area contributed by atoms with Crippen LogP contribution in [0.3, 0.4) is 0 Å². The first kappa shape index (κ1) is 11.5. The molecule has 2 heterocycles. The molecule has 0 aliphatic carbocycles. The monoisotopic (exact) mass is 295 g/mol. The van der Waals surface area contributed by atoms with E-state index in [1.165, 1.54) is 0 Å². The van der Waals surface area contributed by atoms with Crippen LogP contribution in [0.5, 0.6) is 0 Å². The van der Waals surface area contributed by atoms with Gasteiger partial charge in [0.05, 0.1) is 3.79 Å². The highest BCUT2D eigenvalue weighted by molar-refractivity contribution is 9.11. The fourth-order valence-electron chi connectivity index (χ4n) is 1.34. The summed E-state index contributed by atoms with van der Waals surface area (Å²) in [5.41, 5.74) is 1.60. The van der Waals surface area contributed by atoms with Crippen molar-refractivity contribution in [2.24, 2.45) is 0 Å². The Kier molecular flexibility index (Phi) is 3.51. The highest BCUT2D eigenvalue weighted by atomic mass is 79.9. The third-order valence-electron chi connectivity index (χ3n) is 2.20. The molecule has 0 aliphatic heterocycles. The number of halogens is 1. The number of Topliss-reactive ketones (excluding diaryl/α,β-unsaturated/α-hetero) is 1. The minimum absolute atomic E-state index is 0.113. The van der Waals surface area contributed by atoms with E-state index in [0.717, 1.165) is 14.4 Å². The molecule has 0 N–H and O–H groups in total. The van der Waals surface area contributed by atoms with E-state index in [2.05, 4.69) is 20.9 Å². The Labute approximate surface area is 106 Å². The molecule has 0 spiro atoms. The number of ketones is 1. The molecule has 0 fully saturated rings. The quantitative estimate of drug-likeness (QED) is 0.809. The van der Waals surface area contributed by atoms with Crippen molar-refractivity contribution in [1.82, 2.24) is 4.98 Å². The van der Waals surface area contributed by atoms with Crippen molar-refractivity contribution in [3.05, 3.63) is 50.4 Å². The van der Waals surface area contributed by atoms with E-state index in [0.29, 0.717) is 12.0 Å². The van der Waals surface area contributed by atoms with Gasteiger partial charge < -0.3 is 0 Å². The lowest BCUT2D eigenvalue weighted by Gasteiger charge is -1.99. The third kappa shape index (κ3) is 2.77. The number of thiophene rings is 1. The number of carbonyl (C=O) groups excluding carboxylic acids is 1. The van der Waals surface area contributed by atoms with Gasteiger partial charge >= 0.3 is 0 Å². The minimum atomic E-state index is 0.113. The number of pyridine rings is 1. The van der Waals surface area contributed by atoms with E-state index < -0.39 is 0 Å². The second-order valence-corrected chi connectivity index (χ2v) is 6.04. The molecule has 0 saturated carbocycles. The van der Waals surface area contributed by atoms with Gasteiger partial charge in [-0.1, -0.05) is 0 Å². The standard InChI is InChI=1S/C12H10BrNOS/c1-8-2-3-9(7-14-8)11(15)6-10-4-5-12(13)16-10/h2-5,7H,6H2,1H3. The number of aromatic nitrogens is 1. The Morgan fingerprint density at radius 2 is 2.19 bits per heavy atom. The van der Waals surface area contributed by atoms with Crippen LogP contribution in [0.4, 0.5) is 0 Å². The zero-order valence-electron chi connectivity index (χ0n) is 8.74. The summed E-state index contributed by atoms with van der Waals surface area (Å²) in [4.78, 5) is 17.1. The zero-order chi connectivity index (χ0) is 11.5. The lowest BCUT2D eigenvalue weighted by molar-refractivity contribution is 0.0993. The molecular formula is C12H10BrNOS. The van der Waals surface area contributed by atoms with Crippen LogP contribution in [-0.2, 0) is 6.42 Å². The molecule has 0 atom stereocenters. The van der Waals surface area contributed by atoms with Crippen LogP contribution < -0.4 is 0 Å². The Balaban J connectivity index is 2.11. The highest BCUT2D eigenvalue weighted by Gasteiger charge is 2.08. The van der Waals surface area contributed by atoms with Gasteiger partial charge in [0.2, 0.25) is 0 Å². The van der Waals surface area contributed by atoms with Gasteiger partial charge in [-0.15, -0.1) is 11.3 Å². The van der Waals surface area contributed by atoms with Crippen molar-refractivity contribution in [2.45, 2.75) is 13.3 Å². The van der Waals surface area contributed by atoms with E-state index in [1.807, 2.05) is 31.2 Å². The number of carbonyl (C=O) groups is 1. The molecule has 2 aromatic rings. The molecule has 82 valence electrons. The number of hydrogen-bond donors (Lipinski definition) is 0. The molecule has 0 aliphatic rings. The minimum Gasteiger partial charge on any atom is -0.294 e. The molecule has 2 rings (SSSR count). The molecule has 0 radical (unpaired) electrons. The van der Waals surface area contributed by atoms with Gasteiger partial charge in [-0.3, -0.25) is 9.78 Å². The van der Waals surface area contributed by atoms with Gasteiger partial charge in [0, 0.05) is 28.8 Å². The van der Waals surface area contributed by atoms with E-state index in [9.17, 15) is 4.79 Å². The first-order valence-electron chi connectivity index (χ1n) is 4.85. The van der Waals surface area contributed by atoms with Crippen LogP contribution in [0.15, 0.2) is 34.2 Å². The van der Waals surface area contributed by atoms with E-state index >= 15 is 0 Å². The van der Waals surface area contributed by atoms with Gasteiger partial charge in [-0.2, -0.15) is 0 Å². The topological polar surface area (TPSA) is 30.0 Å². The van der Waals surface area contributed by atoms with Gasteiger partial charge in [-0.05, 0) is 47.1 Å². The van der Waals surface area contributed by atoms with E-state index in [4.69, 9.17) is 0 Å². The molecule has 0 amide bonds. The summed E-state index contributed by atoms with van der Waals surface area (Å²) >= 11 is 4.97. The Bertz CT molecular complexity index is 504. The smallest absolute Gasteiger partial charge is 0.169 e. The van der Waals surface area contributed by atoms with Crippen LogP contribution in [0.25, 0.3) is 0 Å². The van der Waals surface area contributed by atoms with Gasteiger partial charge in [0.1, 0.15) is 0 Å². The lowest BCUT2D eigenvalue weighted by Crippen LogP contribution is -2.02. The Morgan fingerprint density at radius 3 is 2.75 bits per heavy atom. The van der Waals surface area contributed by atoms with Crippen molar-refractivity contribution in [1.29, 1.82) is 0 Å². The van der Waals surface area contributed by atoms with Crippen LogP contribution >= 0.6 is 27.3 Å². The summed E-state index contributed by atoms with van der Waals surface area (Å²) < 4.78 is 1.05. The summed E-state index contributed by atoms with van der Waals surface area (Å²) in [5, 5.41) is 0. The van der Waals surface area contributed by atoms with Crippen LogP contribution in [0.2, 0.25) is 0 Å². The summed E-state index contributed by atoms with van der Waals surface area (Å²) in [7, 11) is 0. The molecule has 16 heavy (non-hydrogen) atoms. The summed E-state index contributed by atoms with van der Waals surface area (Å²) in [6.07, 6.45) is 2.08.